The minimum absolute atomic E-state index is 0.0358. The zero-order chi connectivity index (χ0) is 13.7. The molecular weight excluding hydrogens is 228 g/mol. The van der Waals surface area contributed by atoms with E-state index in [0.717, 1.165) is 12.8 Å². The predicted molar refractivity (Wildman–Crippen MR) is 69.9 cm³/mol. The Morgan fingerprint density at radius 2 is 1.78 bits per heavy atom. The van der Waals surface area contributed by atoms with Gasteiger partial charge in [0.25, 0.3) is 0 Å². The van der Waals surface area contributed by atoms with E-state index < -0.39 is 5.54 Å². The van der Waals surface area contributed by atoms with Gasteiger partial charge in [-0.25, -0.2) is 0 Å². The summed E-state index contributed by atoms with van der Waals surface area (Å²) in [6, 6.07) is -0.129. The van der Waals surface area contributed by atoms with Crippen LogP contribution in [-0.2, 0) is 9.59 Å². The highest BCUT2D eigenvalue weighted by molar-refractivity contribution is 5.99. The number of hydrogen-bond donors (Lipinski definition) is 1. The van der Waals surface area contributed by atoms with E-state index in [-0.39, 0.29) is 23.9 Å². The molecule has 1 saturated heterocycles. The minimum atomic E-state index is -0.769. The highest BCUT2D eigenvalue weighted by Crippen LogP contribution is 2.37. The fraction of sp³-hybridized carbons (Fsp3) is 0.857. The first kappa shape index (κ1) is 13.4. The fourth-order valence-electron chi connectivity index (χ4n) is 3.26. The molecule has 1 aliphatic carbocycles. The second-order valence-corrected chi connectivity index (χ2v) is 6.48. The molecule has 4 heteroatoms. The van der Waals surface area contributed by atoms with Crippen molar-refractivity contribution in [3.63, 3.8) is 0 Å². The molecule has 102 valence electrons. The van der Waals surface area contributed by atoms with Gasteiger partial charge in [0.1, 0.15) is 11.6 Å². The Kier molecular flexibility index (Phi) is 3.16. The van der Waals surface area contributed by atoms with Crippen molar-refractivity contribution in [2.75, 3.05) is 0 Å². The molecule has 18 heavy (non-hydrogen) atoms. The largest absolute Gasteiger partial charge is 0.340 e. The lowest BCUT2D eigenvalue weighted by Crippen LogP contribution is -2.69. The van der Waals surface area contributed by atoms with E-state index in [1.807, 2.05) is 11.8 Å². The summed E-state index contributed by atoms with van der Waals surface area (Å²) in [6.07, 6.45) is 2.16. The molecule has 2 fully saturated rings. The zero-order valence-corrected chi connectivity index (χ0v) is 12.0. The van der Waals surface area contributed by atoms with Gasteiger partial charge >= 0.3 is 0 Å². The average Bonchev–Trinajstić information content (AvgIpc) is 2.59. The van der Waals surface area contributed by atoms with Crippen LogP contribution in [0.1, 0.15) is 47.5 Å². The molecule has 1 aliphatic heterocycles. The van der Waals surface area contributed by atoms with Gasteiger partial charge in [0.2, 0.25) is 11.8 Å². The second-order valence-electron chi connectivity index (χ2n) is 6.48. The van der Waals surface area contributed by atoms with Crippen molar-refractivity contribution in [3.8, 4) is 0 Å². The molecule has 2 amide bonds. The SMILES string of the molecule is CC1CCC(N2C(=O)C(C)(C)NC(=O)C2C)C1C. The molecule has 1 saturated carbocycles. The molecule has 2 rings (SSSR count). The van der Waals surface area contributed by atoms with Gasteiger partial charge in [-0.05, 0) is 45.4 Å². The smallest absolute Gasteiger partial charge is 0.248 e. The maximum absolute atomic E-state index is 12.6. The van der Waals surface area contributed by atoms with Gasteiger partial charge in [0.05, 0.1) is 0 Å². The zero-order valence-electron chi connectivity index (χ0n) is 12.0. The van der Waals surface area contributed by atoms with Gasteiger partial charge in [-0.2, -0.15) is 0 Å². The number of carbonyl (C=O) groups excluding carboxylic acids is 2. The van der Waals surface area contributed by atoms with E-state index >= 15 is 0 Å². The van der Waals surface area contributed by atoms with Crippen molar-refractivity contribution in [1.29, 1.82) is 0 Å². The molecule has 0 aromatic rings. The van der Waals surface area contributed by atoms with Gasteiger partial charge in [-0.1, -0.05) is 13.8 Å². The third-order valence-corrected chi connectivity index (χ3v) is 4.78. The Balaban J connectivity index is 2.29. The third kappa shape index (κ3) is 1.91. The fourth-order valence-corrected chi connectivity index (χ4v) is 3.26. The van der Waals surface area contributed by atoms with Crippen molar-refractivity contribution in [2.45, 2.75) is 65.1 Å². The number of hydrogen-bond acceptors (Lipinski definition) is 2. The van der Waals surface area contributed by atoms with Gasteiger partial charge < -0.3 is 10.2 Å². The van der Waals surface area contributed by atoms with Crippen LogP contribution in [0.15, 0.2) is 0 Å². The van der Waals surface area contributed by atoms with Crippen molar-refractivity contribution in [3.05, 3.63) is 0 Å². The number of carbonyl (C=O) groups is 2. The summed E-state index contributed by atoms with van der Waals surface area (Å²) >= 11 is 0. The minimum Gasteiger partial charge on any atom is -0.340 e. The predicted octanol–water partition coefficient (Wildman–Crippen LogP) is 1.55. The first-order valence-corrected chi connectivity index (χ1v) is 6.90. The third-order valence-electron chi connectivity index (χ3n) is 4.78. The van der Waals surface area contributed by atoms with Crippen molar-refractivity contribution < 1.29 is 9.59 Å². The Hall–Kier alpha value is -1.06. The number of amides is 2. The maximum Gasteiger partial charge on any atom is 0.248 e. The Bertz CT molecular complexity index is 378. The van der Waals surface area contributed by atoms with E-state index in [0.29, 0.717) is 11.8 Å². The molecule has 2 aliphatic rings. The van der Waals surface area contributed by atoms with Crippen LogP contribution < -0.4 is 5.32 Å². The number of nitrogens with one attached hydrogen (secondary N) is 1. The van der Waals surface area contributed by atoms with E-state index in [4.69, 9.17) is 0 Å². The second kappa shape index (κ2) is 4.25. The monoisotopic (exact) mass is 252 g/mol. The summed E-state index contributed by atoms with van der Waals surface area (Å²) in [6.45, 7) is 9.83. The summed E-state index contributed by atoms with van der Waals surface area (Å²) in [5.74, 6) is 1.12. The van der Waals surface area contributed by atoms with E-state index in [2.05, 4.69) is 19.2 Å². The van der Waals surface area contributed by atoms with Crippen LogP contribution >= 0.6 is 0 Å². The quantitative estimate of drug-likeness (QED) is 0.769. The van der Waals surface area contributed by atoms with Crippen LogP contribution in [0.5, 0.6) is 0 Å². The van der Waals surface area contributed by atoms with Crippen LogP contribution in [0, 0.1) is 11.8 Å². The average molecular weight is 252 g/mol. The van der Waals surface area contributed by atoms with Crippen LogP contribution in [0.2, 0.25) is 0 Å². The van der Waals surface area contributed by atoms with Crippen LogP contribution in [0.25, 0.3) is 0 Å². The Morgan fingerprint density at radius 3 is 2.28 bits per heavy atom. The summed E-state index contributed by atoms with van der Waals surface area (Å²) in [5, 5.41) is 2.80. The Morgan fingerprint density at radius 1 is 1.17 bits per heavy atom. The highest BCUT2D eigenvalue weighted by atomic mass is 16.2. The molecule has 4 atom stereocenters. The topological polar surface area (TPSA) is 49.4 Å². The summed E-state index contributed by atoms with van der Waals surface area (Å²) in [4.78, 5) is 26.4. The molecule has 0 spiro atoms. The first-order chi connectivity index (χ1) is 8.25. The van der Waals surface area contributed by atoms with Crippen molar-refractivity contribution in [1.82, 2.24) is 10.2 Å². The lowest BCUT2D eigenvalue weighted by molar-refractivity contribution is -0.156. The molecule has 4 unspecified atom stereocenters. The molecule has 0 radical (unpaired) electrons. The van der Waals surface area contributed by atoms with Crippen LogP contribution in [0.3, 0.4) is 0 Å². The van der Waals surface area contributed by atoms with E-state index in [1.54, 1.807) is 13.8 Å². The lowest BCUT2D eigenvalue weighted by Gasteiger charge is -2.45. The molecular formula is C14H24N2O2. The number of rotatable bonds is 1. The van der Waals surface area contributed by atoms with E-state index in [1.165, 1.54) is 0 Å². The van der Waals surface area contributed by atoms with Gasteiger partial charge in [-0.15, -0.1) is 0 Å². The molecule has 0 bridgehead atoms. The highest BCUT2D eigenvalue weighted by Gasteiger charge is 2.48. The van der Waals surface area contributed by atoms with Crippen LogP contribution in [-0.4, -0.2) is 34.3 Å². The number of piperazine rings is 1. The maximum atomic E-state index is 12.6. The Labute approximate surface area is 109 Å². The van der Waals surface area contributed by atoms with Crippen molar-refractivity contribution in [2.24, 2.45) is 11.8 Å². The molecule has 1 N–H and O–H groups in total. The lowest BCUT2D eigenvalue weighted by atomic mass is 9.91. The summed E-state index contributed by atoms with van der Waals surface area (Å²) in [5.41, 5.74) is -0.769. The number of nitrogens with zero attached hydrogens (tertiary/aromatic N) is 1. The normalized spacial score (nSPS) is 39.9. The molecule has 0 aromatic heterocycles. The van der Waals surface area contributed by atoms with Gasteiger partial charge in [0.15, 0.2) is 0 Å². The van der Waals surface area contributed by atoms with Gasteiger partial charge in [-0.3, -0.25) is 9.59 Å². The molecule has 0 aromatic carbocycles. The van der Waals surface area contributed by atoms with Gasteiger partial charge in [0, 0.05) is 6.04 Å². The molecule has 1 heterocycles. The van der Waals surface area contributed by atoms with E-state index in [9.17, 15) is 9.59 Å². The summed E-state index contributed by atoms with van der Waals surface area (Å²) in [7, 11) is 0. The van der Waals surface area contributed by atoms with Crippen molar-refractivity contribution >= 4 is 11.8 Å². The van der Waals surface area contributed by atoms with Crippen LogP contribution in [0.4, 0.5) is 0 Å². The standard InChI is InChI=1S/C14H24N2O2/c1-8-6-7-11(9(8)2)16-10(3)12(17)15-14(4,5)13(16)18/h8-11H,6-7H2,1-5H3,(H,15,17). The molecule has 4 nitrogen and oxygen atoms in total. The summed E-state index contributed by atoms with van der Waals surface area (Å²) < 4.78 is 0. The first-order valence-electron chi connectivity index (χ1n) is 6.90.